The maximum Gasteiger partial charge on any atom is 0.191 e. The quantitative estimate of drug-likeness (QED) is 0.630. The number of nitrogens with two attached hydrogens (primary N) is 1. The minimum Gasteiger partial charge on any atom is -0.383 e. The third-order valence-corrected chi connectivity index (χ3v) is 5.92. The predicted octanol–water partition coefficient (Wildman–Crippen LogP) is 4.61. The molecule has 7 heteroatoms. The highest BCUT2D eigenvalue weighted by atomic mass is 35.5. The molecule has 1 atom stereocenters. The molecule has 1 aliphatic heterocycles. The van der Waals surface area contributed by atoms with E-state index in [0.29, 0.717) is 23.5 Å². The lowest BCUT2D eigenvalue weighted by atomic mass is 9.96. The average molecular weight is 370 g/mol. The lowest BCUT2D eigenvalue weighted by molar-refractivity contribution is 0.00203. The molecule has 4 nitrogen and oxygen atoms in total. The van der Waals surface area contributed by atoms with Crippen LogP contribution in [0.1, 0.15) is 31.2 Å². The molecule has 23 heavy (non-hydrogen) atoms. The Bertz CT molecular complexity index is 753. The van der Waals surface area contributed by atoms with Crippen molar-refractivity contribution in [3.8, 4) is 0 Å². The van der Waals surface area contributed by atoms with Crippen molar-refractivity contribution in [1.29, 1.82) is 0 Å². The fourth-order valence-electron chi connectivity index (χ4n) is 2.61. The van der Waals surface area contributed by atoms with Gasteiger partial charge in [-0.25, -0.2) is 9.97 Å². The van der Waals surface area contributed by atoms with Gasteiger partial charge in [0.15, 0.2) is 5.16 Å². The van der Waals surface area contributed by atoms with E-state index in [1.807, 2.05) is 13.0 Å². The van der Waals surface area contributed by atoms with Crippen LogP contribution in [0.5, 0.6) is 0 Å². The molecule has 0 saturated carbocycles. The van der Waals surface area contributed by atoms with Crippen LogP contribution >= 0.6 is 34.7 Å². The number of nitrogens with zero attached hydrogens (tertiary/aromatic N) is 2. The third-order valence-electron chi connectivity index (χ3n) is 3.90. The maximum atomic E-state index is 6.24. The molecule has 2 aromatic heterocycles. The number of thioether (sulfide) groups is 1. The molecule has 0 aliphatic carbocycles. The molecule has 0 amide bonds. The van der Waals surface area contributed by atoms with E-state index in [4.69, 9.17) is 22.1 Å². The number of ether oxygens (including phenoxy) is 1. The summed E-state index contributed by atoms with van der Waals surface area (Å²) in [6.45, 7) is 6.88. The number of thiophene rings is 1. The summed E-state index contributed by atoms with van der Waals surface area (Å²) in [5.41, 5.74) is 7.52. The predicted molar refractivity (Wildman–Crippen MR) is 99.3 cm³/mol. The Morgan fingerprint density at radius 2 is 2.30 bits per heavy atom. The Morgan fingerprint density at radius 3 is 3.00 bits per heavy atom. The molecule has 3 rings (SSSR count). The van der Waals surface area contributed by atoms with Crippen LogP contribution in [0.4, 0.5) is 5.82 Å². The van der Waals surface area contributed by atoms with Gasteiger partial charge in [0.05, 0.1) is 18.1 Å². The van der Waals surface area contributed by atoms with Crippen molar-refractivity contribution in [1.82, 2.24) is 9.97 Å². The number of nitrogen functional groups attached to an aromatic ring is 1. The van der Waals surface area contributed by atoms with Crippen molar-refractivity contribution in [2.45, 2.75) is 45.1 Å². The number of halogens is 1. The number of anilines is 1. The van der Waals surface area contributed by atoms with Crippen LogP contribution in [0.15, 0.2) is 16.3 Å². The summed E-state index contributed by atoms with van der Waals surface area (Å²) in [7, 11) is 0. The normalized spacial score (nSPS) is 18.7. The molecule has 0 radical (unpaired) electrons. The summed E-state index contributed by atoms with van der Waals surface area (Å²) >= 11 is 9.06. The van der Waals surface area contributed by atoms with Crippen molar-refractivity contribution in [2.24, 2.45) is 5.92 Å². The lowest BCUT2D eigenvalue weighted by Gasteiger charge is -2.26. The fraction of sp³-hybridized carbons (Fsp3) is 0.500. The Kier molecular flexibility index (Phi) is 5.16. The molecule has 0 aromatic carbocycles. The Morgan fingerprint density at radius 1 is 1.52 bits per heavy atom. The lowest BCUT2D eigenvalue weighted by Crippen LogP contribution is -2.26. The second kappa shape index (κ2) is 6.97. The molecular formula is C16H20ClN3OS2. The number of allylic oxidation sites excluding steroid dienone is 1. The van der Waals surface area contributed by atoms with E-state index in [1.54, 1.807) is 23.1 Å². The minimum atomic E-state index is 0.241. The van der Waals surface area contributed by atoms with Gasteiger partial charge >= 0.3 is 0 Å². The average Bonchev–Trinajstić information content (AvgIpc) is 2.84. The largest absolute Gasteiger partial charge is 0.383 e. The van der Waals surface area contributed by atoms with Gasteiger partial charge in [0.25, 0.3) is 0 Å². The monoisotopic (exact) mass is 369 g/mol. The standard InChI is InChI=1S/C16H20ClN3OS2/c1-8(2)11-6-10-12(7-21-11)23-15-13(10)14(18)19-16(20-15)22-5-4-9(3)17/h4,8,11H,5-7H2,1-3H3,(H2,18,19,20)/b9-4-/t11-/m0/s1. The summed E-state index contributed by atoms with van der Waals surface area (Å²) < 4.78 is 5.95. The van der Waals surface area contributed by atoms with Gasteiger partial charge in [0, 0.05) is 22.1 Å². The Hall–Kier alpha value is -0.820. The molecule has 0 saturated heterocycles. The maximum absolute atomic E-state index is 6.24. The van der Waals surface area contributed by atoms with Gasteiger partial charge in [0.2, 0.25) is 0 Å². The fourth-order valence-corrected chi connectivity index (χ4v) is 4.77. The van der Waals surface area contributed by atoms with E-state index in [9.17, 15) is 0 Å². The van der Waals surface area contributed by atoms with Crippen LogP contribution in [-0.4, -0.2) is 21.8 Å². The summed E-state index contributed by atoms with van der Waals surface area (Å²) in [6, 6.07) is 0. The van der Waals surface area contributed by atoms with E-state index in [1.165, 1.54) is 10.4 Å². The van der Waals surface area contributed by atoms with Gasteiger partial charge in [-0.05, 0) is 18.4 Å². The highest BCUT2D eigenvalue weighted by Gasteiger charge is 2.27. The first kappa shape index (κ1) is 17.0. The second-order valence-corrected chi connectivity index (χ2v) is 8.64. The zero-order valence-corrected chi connectivity index (χ0v) is 15.8. The van der Waals surface area contributed by atoms with Gasteiger partial charge in [-0.3, -0.25) is 0 Å². The number of hydrogen-bond acceptors (Lipinski definition) is 6. The van der Waals surface area contributed by atoms with E-state index >= 15 is 0 Å². The van der Waals surface area contributed by atoms with Crippen LogP contribution in [0, 0.1) is 5.92 Å². The molecule has 1 aliphatic rings. The number of hydrogen-bond donors (Lipinski definition) is 1. The first-order valence-corrected chi connectivity index (χ1v) is 9.78. The zero-order chi connectivity index (χ0) is 16.6. The van der Waals surface area contributed by atoms with Crippen molar-refractivity contribution in [2.75, 3.05) is 11.5 Å². The van der Waals surface area contributed by atoms with Crippen molar-refractivity contribution in [3.05, 3.63) is 21.5 Å². The van der Waals surface area contributed by atoms with Gasteiger partial charge in [-0.15, -0.1) is 11.3 Å². The SMILES string of the molecule is C/C(Cl)=C/CSc1nc(N)c2c3c(sc2n1)CO[C@H](C(C)C)C3. The van der Waals surface area contributed by atoms with Gasteiger partial charge in [0.1, 0.15) is 10.6 Å². The number of rotatable bonds is 4. The molecular weight excluding hydrogens is 350 g/mol. The number of aromatic nitrogens is 2. The van der Waals surface area contributed by atoms with Crippen molar-refractivity contribution >= 4 is 50.7 Å². The topological polar surface area (TPSA) is 61.0 Å². The van der Waals surface area contributed by atoms with Gasteiger partial charge in [-0.2, -0.15) is 0 Å². The number of fused-ring (bicyclic) bond motifs is 3. The second-order valence-electron chi connectivity index (χ2n) is 5.97. The third kappa shape index (κ3) is 3.65. The Balaban J connectivity index is 1.93. The van der Waals surface area contributed by atoms with Crippen LogP contribution < -0.4 is 5.73 Å². The first-order valence-electron chi connectivity index (χ1n) is 7.60. The van der Waals surface area contributed by atoms with Crippen LogP contribution in [-0.2, 0) is 17.8 Å². The zero-order valence-electron chi connectivity index (χ0n) is 13.4. The van der Waals surface area contributed by atoms with Crippen molar-refractivity contribution < 1.29 is 4.74 Å². The van der Waals surface area contributed by atoms with Gasteiger partial charge < -0.3 is 10.5 Å². The van der Waals surface area contributed by atoms with Gasteiger partial charge in [-0.1, -0.05) is 43.3 Å². The molecule has 2 N–H and O–H groups in total. The van der Waals surface area contributed by atoms with Crippen LogP contribution in [0.2, 0.25) is 0 Å². The molecule has 124 valence electrons. The van der Waals surface area contributed by atoms with Crippen LogP contribution in [0.3, 0.4) is 0 Å². The highest BCUT2D eigenvalue weighted by Crippen LogP contribution is 2.39. The van der Waals surface area contributed by atoms with E-state index in [-0.39, 0.29) is 6.10 Å². The minimum absolute atomic E-state index is 0.241. The summed E-state index contributed by atoms with van der Waals surface area (Å²) in [5.74, 6) is 1.80. The first-order chi connectivity index (χ1) is 11.0. The smallest absolute Gasteiger partial charge is 0.191 e. The molecule has 3 heterocycles. The molecule has 0 spiro atoms. The summed E-state index contributed by atoms with van der Waals surface area (Å²) in [5, 5.41) is 2.49. The van der Waals surface area contributed by atoms with E-state index in [0.717, 1.165) is 27.4 Å². The Labute approximate surface area is 149 Å². The molecule has 0 bridgehead atoms. The van der Waals surface area contributed by atoms with Crippen molar-refractivity contribution in [3.63, 3.8) is 0 Å². The van der Waals surface area contributed by atoms with E-state index < -0.39 is 0 Å². The van der Waals surface area contributed by atoms with E-state index in [2.05, 4.69) is 23.8 Å². The summed E-state index contributed by atoms with van der Waals surface area (Å²) in [4.78, 5) is 11.3. The molecule has 0 fully saturated rings. The highest BCUT2D eigenvalue weighted by molar-refractivity contribution is 7.99. The van der Waals surface area contributed by atoms with Crippen LogP contribution in [0.25, 0.3) is 10.2 Å². The molecule has 0 unspecified atom stereocenters. The molecule has 2 aromatic rings. The summed E-state index contributed by atoms with van der Waals surface area (Å²) in [6.07, 6.45) is 3.07.